The van der Waals surface area contributed by atoms with Crippen LogP contribution < -0.4 is 0 Å². The van der Waals surface area contributed by atoms with E-state index in [2.05, 4.69) is 4.98 Å². The van der Waals surface area contributed by atoms with E-state index in [1.54, 1.807) is 4.90 Å². The van der Waals surface area contributed by atoms with Crippen LogP contribution in [0, 0.1) is 11.8 Å². The van der Waals surface area contributed by atoms with Crippen molar-refractivity contribution in [2.24, 2.45) is 0 Å². The van der Waals surface area contributed by atoms with Gasteiger partial charge in [0.05, 0.1) is 5.56 Å². The summed E-state index contributed by atoms with van der Waals surface area (Å²) in [5.41, 5.74) is -0.226. The van der Waals surface area contributed by atoms with Gasteiger partial charge >= 0.3 is 0 Å². The van der Waals surface area contributed by atoms with Gasteiger partial charge in [-0.05, 0) is 25.8 Å². The first kappa shape index (κ1) is 12.9. The topological polar surface area (TPSA) is 33.2 Å². The summed E-state index contributed by atoms with van der Waals surface area (Å²) in [5.74, 6) is -2.81. The Morgan fingerprint density at radius 2 is 2.11 bits per heavy atom. The van der Waals surface area contributed by atoms with Gasteiger partial charge in [0.2, 0.25) is 5.95 Å². The minimum atomic E-state index is -1.22. The second kappa shape index (κ2) is 5.42. The summed E-state index contributed by atoms with van der Waals surface area (Å²) in [6.07, 6.45) is 5.17. The average molecular weight is 254 g/mol. The normalized spacial score (nSPS) is 15.9. The van der Waals surface area contributed by atoms with E-state index < -0.39 is 17.7 Å². The Morgan fingerprint density at radius 1 is 1.44 bits per heavy atom. The van der Waals surface area contributed by atoms with Gasteiger partial charge in [0, 0.05) is 18.8 Å². The molecule has 0 saturated heterocycles. The maximum absolute atomic E-state index is 13.6. The van der Waals surface area contributed by atoms with Crippen molar-refractivity contribution >= 4 is 5.91 Å². The lowest BCUT2D eigenvalue weighted by molar-refractivity contribution is 0.0687. The molecule has 0 aromatic carbocycles. The third-order valence-corrected chi connectivity index (χ3v) is 3.44. The summed E-state index contributed by atoms with van der Waals surface area (Å²) >= 11 is 0. The molecule has 1 aromatic heterocycles. The summed E-state index contributed by atoms with van der Waals surface area (Å²) < 4.78 is 26.6. The van der Waals surface area contributed by atoms with E-state index in [4.69, 9.17) is 0 Å². The highest BCUT2D eigenvalue weighted by molar-refractivity contribution is 5.94. The molecule has 18 heavy (non-hydrogen) atoms. The molecule has 5 heteroatoms. The van der Waals surface area contributed by atoms with E-state index in [9.17, 15) is 13.6 Å². The van der Waals surface area contributed by atoms with E-state index in [0.717, 1.165) is 31.9 Å². The molecule has 1 amide bonds. The van der Waals surface area contributed by atoms with Crippen LogP contribution in [0.4, 0.5) is 8.78 Å². The molecule has 3 nitrogen and oxygen atoms in total. The van der Waals surface area contributed by atoms with Crippen molar-refractivity contribution in [1.82, 2.24) is 9.88 Å². The second-order valence-corrected chi connectivity index (χ2v) is 4.49. The molecular formula is C13H16F2N2O. The lowest BCUT2D eigenvalue weighted by Crippen LogP contribution is -2.39. The van der Waals surface area contributed by atoms with Crippen molar-refractivity contribution in [3.05, 3.63) is 29.6 Å². The lowest BCUT2D eigenvalue weighted by atomic mass is 10.1. The summed E-state index contributed by atoms with van der Waals surface area (Å²) in [6, 6.07) is 1.39. The molecule has 1 fully saturated rings. The smallest absolute Gasteiger partial charge is 0.257 e. The Bertz CT molecular complexity index is 445. The van der Waals surface area contributed by atoms with Gasteiger partial charge in [0.15, 0.2) is 5.82 Å². The number of pyridine rings is 1. The summed E-state index contributed by atoms with van der Waals surface area (Å²) in [6.45, 7) is 2.36. The molecule has 98 valence electrons. The van der Waals surface area contributed by atoms with Crippen LogP contribution in [-0.2, 0) is 0 Å². The SMILES string of the molecule is CCN(C(=O)c1ccnc(F)c1F)C1CCCC1. The van der Waals surface area contributed by atoms with Gasteiger partial charge in [-0.3, -0.25) is 4.79 Å². The second-order valence-electron chi connectivity index (χ2n) is 4.49. The predicted octanol–water partition coefficient (Wildman–Crippen LogP) is 2.76. The summed E-state index contributed by atoms with van der Waals surface area (Å²) in [4.78, 5) is 17.0. The lowest BCUT2D eigenvalue weighted by Gasteiger charge is -2.27. The molecule has 0 aliphatic heterocycles. The molecule has 0 bridgehead atoms. The minimum absolute atomic E-state index is 0.151. The number of rotatable bonds is 3. The maximum atomic E-state index is 13.6. The molecule has 0 atom stereocenters. The van der Waals surface area contributed by atoms with Crippen LogP contribution in [0.2, 0.25) is 0 Å². The molecule has 2 rings (SSSR count). The number of nitrogens with zero attached hydrogens (tertiary/aromatic N) is 2. The van der Waals surface area contributed by atoms with Crippen molar-refractivity contribution in [1.29, 1.82) is 0 Å². The van der Waals surface area contributed by atoms with Crippen molar-refractivity contribution in [3.63, 3.8) is 0 Å². The van der Waals surface area contributed by atoms with Crippen LogP contribution in [0.5, 0.6) is 0 Å². The van der Waals surface area contributed by atoms with Gasteiger partial charge in [-0.15, -0.1) is 0 Å². The third-order valence-electron chi connectivity index (χ3n) is 3.44. The Hall–Kier alpha value is -1.52. The fourth-order valence-corrected chi connectivity index (χ4v) is 2.52. The van der Waals surface area contributed by atoms with Crippen LogP contribution in [0.25, 0.3) is 0 Å². The molecule has 0 unspecified atom stereocenters. The van der Waals surface area contributed by atoms with Crippen molar-refractivity contribution < 1.29 is 13.6 Å². The standard InChI is InChI=1S/C13H16F2N2O/c1-2-17(9-5-3-4-6-9)13(18)10-7-8-16-12(15)11(10)14/h7-9H,2-6H2,1H3. The zero-order chi connectivity index (χ0) is 13.1. The Balaban J connectivity index is 2.25. The Morgan fingerprint density at radius 3 is 2.72 bits per heavy atom. The van der Waals surface area contributed by atoms with Gasteiger partial charge in [0.1, 0.15) is 0 Å². The zero-order valence-electron chi connectivity index (χ0n) is 10.3. The van der Waals surface area contributed by atoms with Crippen LogP contribution in [0.1, 0.15) is 43.0 Å². The zero-order valence-corrected chi connectivity index (χ0v) is 10.3. The van der Waals surface area contributed by atoms with Gasteiger partial charge < -0.3 is 4.90 Å². The number of carbonyl (C=O) groups excluding carboxylic acids is 1. The molecular weight excluding hydrogens is 238 g/mol. The van der Waals surface area contributed by atoms with E-state index in [1.165, 1.54) is 6.07 Å². The van der Waals surface area contributed by atoms with Crippen LogP contribution in [0.15, 0.2) is 12.3 Å². The van der Waals surface area contributed by atoms with Gasteiger partial charge in [-0.2, -0.15) is 4.39 Å². The molecule has 1 aromatic rings. The van der Waals surface area contributed by atoms with Gasteiger partial charge in [-0.25, -0.2) is 9.37 Å². The van der Waals surface area contributed by atoms with Crippen molar-refractivity contribution in [2.75, 3.05) is 6.54 Å². The van der Waals surface area contributed by atoms with Gasteiger partial charge in [-0.1, -0.05) is 12.8 Å². The molecule has 1 heterocycles. The van der Waals surface area contributed by atoms with Crippen molar-refractivity contribution in [3.8, 4) is 0 Å². The molecule has 0 N–H and O–H groups in total. The van der Waals surface area contributed by atoms with Crippen LogP contribution in [0.3, 0.4) is 0 Å². The third kappa shape index (κ3) is 2.35. The Kier molecular flexibility index (Phi) is 3.89. The number of carbonyl (C=O) groups is 1. The highest BCUT2D eigenvalue weighted by atomic mass is 19.2. The van der Waals surface area contributed by atoms with Crippen LogP contribution >= 0.6 is 0 Å². The first-order valence-corrected chi connectivity index (χ1v) is 6.26. The highest BCUT2D eigenvalue weighted by Crippen LogP contribution is 2.25. The fourth-order valence-electron chi connectivity index (χ4n) is 2.52. The van der Waals surface area contributed by atoms with E-state index >= 15 is 0 Å². The maximum Gasteiger partial charge on any atom is 0.257 e. The number of aromatic nitrogens is 1. The fraction of sp³-hybridized carbons (Fsp3) is 0.538. The van der Waals surface area contributed by atoms with E-state index in [-0.39, 0.29) is 11.6 Å². The highest BCUT2D eigenvalue weighted by Gasteiger charge is 2.28. The number of hydrogen-bond donors (Lipinski definition) is 0. The number of halogens is 2. The monoisotopic (exact) mass is 254 g/mol. The number of amides is 1. The molecule has 0 spiro atoms. The molecule has 0 radical (unpaired) electrons. The summed E-state index contributed by atoms with van der Waals surface area (Å²) in [5, 5.41) is 0. The van der Waals surface area contributed by atoms with Crippen molar-refractivity contribution in [2.45, 2.75) is 38.6 Å². The predicted molar refractivity (Wildman–Crippen MR) is 63.1 cm³/mol. The van der Waals surface area contributed by atoms with E-state index in [1.807, 2.05) is 6.92 Å². The molecule has 1 saturated carbocycles. The quantitative estimate of drug-likeness (QED) is 0.777. The average Bonchev–Trinajstić information content (AvgIpc) is 2.87. The molecule has 1 aliphatic rings. The largest absolute Gasteiger partial charge is 0.336 e. The summed E-state index contributed by atoms with van der Waals surface area (Å²) in [7, 11) is 0. The van der Waals surface area contributed by atoms with Crippen LogP contribution in [-0.4, -0.2) is 28.4 Å². The van der Waals surface area contributed by atoms with E-state index in [0.29, 0.717) is 6.54 Å². The van der Waals surface area contributed by atoms with Gasteiger partial charge in [0.25, 0.3) is 5.91 Å². The molecule has 1 aliphatic carbocycles. The number of hydrogen-bond acceptors (Lipinski definition) is 2. The first-order chi connectivity index (χ1) is 8.65. The Labute approximate surface area is 105 Å². The minimum Gasteiger partial charge on any atom is -0.336 e. The first-order valence-electron chi connectivity index (χ1n) is 6.26.